The van der Waals surface area contributed by atoms with E-state index in [9.17, 15) is 25.2 Å². The minimum Gasteiger partial charge on any atom is -0.435 e. The van der Waals surface area contributed by atoms with Crippen LogP contribution in [0.25, 0.3) is 0 Å². The number of carbonyl (C=O) groups is 1. The summed E-state index contributed by atoms with van der Waals surface area (Å²) in [5.41, 5.74) is 1.63. The second-order valence-electron chi connectivity index (χ2n) is 13.4. The number of hydrogen-bond acceptors (Lipinski definition) is 8. The van der Waals surface area contributed by atoms with E-state index >= 15 is 0 Å². The highest BCUT2D eigenvalue weighted by Gasteiger charge is 2.67. The number of hydrogen-bond donors (Lipinski definition) is 4. The van der Waals surface area contributed by atoms with Crippen LogP contribution >= 0.6 is 0 Å². The quantitative estimate of drug-likeness (QED) is 0.323. The van der Waals surface area contributed by atoms with E-state index in [-0.39, 0.29) is 34.7 Å². The smallest absolute Gasteiger partial charge is 0.310 e. The van der Waals surface area contributed by atoms with E-state index in [0.29, 0.717) is 12.3 Å². The molecular weight excluding hydrogens is 488 g/mol. The van der Waals surface area contributed by atoms with E-state index < -0.39 is 36.3 Å². The first kappa shape index (κ1) is 26.9. The first-order valence-electron chi connectivity index (χ1n) is 14.6. The highest BCUT2D eigenvalue weighted by molar-refractivity contribution is 5.71. The summed E-state index contributed by atoms with van der Waals surface area (Å²) >= 11 is 0. The average Bonchev–Trinajstić information content (AvgIpc) is 3.18. The average molecular weight is 533 g/mol. The van der Waals surface area contributed by atoms with E-state index in [1.54, 1.807) is 13.2 Å². The molecule has 12 atom stereocenters. The van der Waals surface area contributed by atoms with Crippen LogP contribution in [0.15, 0.2) is 23.5 Å². The normalized spacial score (nSPS) is 52.7. The van der Waals surface area contributed by atoms with Gasteiger partial charge in [0, 0.05) is 11.8 Å². The third-order valence-corrected chi connectivity index (χ3v) is 11.8. The number of allylic oxidation sites excluding steroid dienone is 2. The van der Waals surface area contributed by atoms with Crippen molar-refractivity contribution in [3.8, 4) is 0 Å². The van der Waals surface area contributed by atoms with Crippen LogP contribution in [0.3, 0.4) is 0 Å². The predicted molar refractivity (Wildman–Crippen MR) is 137 cm³/mol. The lowest BCUT2D eigenvalue weighted by Gasteiger charge is -2.62. The van der Waals surface area contributed by atoms with Gasteiger partial charge in [0.05, 0.1) is 24.1 Å². The van der Waals surface area contributed by atoms with Gasteiger partial charge in [0.15, 0.2) is 6.29 Å². The third kappa shape index (κ3) is 3.89. The van der Waals surface area contributed by atoms with E-state index in [1.165, 1.54) is 11.1 Å². The Hall–Kier alpha value is -1.29. The summed E-state index contributed by atoms with van der Waals surface area (Å²) in [6, 6.07) is 0. The summed E-state index contributed by atoms with van der Waals surface area (Å²) in [6.45, 7) is 6.31. The van der Waals surface area contributed by atoms with E-state index in [4.69, 9.17) is 14.2 Å². The van der Waals surface area contributed by atoms with Crippen molar-refractivity contribution in [1.29, 1.82) is 0 Å². The molecule has 8 nitrogen and oxygen atoms in total. The number of cyclic esters (lactones) is 1. The van der Waals surface area contributed by atoms with Crippen LogP contribution in [0.5, 0.6) is 0 Å². The number of aliphatic hydroxyl groups is 4. The van der Waals surface area contributed by atoms with Gasteiger partial charge in [-0.05, 0) is 93.5 Å². The Morgan fingerprint density at radius 2 is 1.71 bits per heavy atom. The van der Waals surface area contributed by atoms with Gasteiger partial charge in [-0.2, -0.15) is 0 Å². The van der Waals surface area contributed by atoms with Gasteiger partial charge in [-0.1, -0.05) is 25.5 Å². The molecule has 0 aromatic heterocycles. The van der Waals surface area contributed by atoms with E-state index in [0.717, 1.165) is 57.8 Å². The maximum Gasteiger partial charge on any atom is 0.310 e. The van der Waals surface area contributed by atoms with Crippen LogP contribution < -0.4 is 0 Å². The van der Waals surface area contributed by atoms with Crippen LogP contribution in [-0.2, 0) is 19.0 Å². The predicted octanol–water partition coefficient (Wildman–Crippen LogP) is 3.11. The van der Waals surface area contributed by atoms with Crippen LogP contribution in [-0.4, -0.2) is 68.8 Å². The number of aliphatic hydroxyl groups excluding tert-OH is 3. The molecule has 0 bridgehead atoms. The summed E-state index contributed by atoms with van der Waals surface area (Å²) in [7, 11) is 0. The van der Waals surface area contributed by atoms with Gasteiger partial charge >= 0.3 is 5.97 Å². The van der Waals surface area contributed by atoms with Crippen molar-refractivity contribution < 1.29 is 39.4 Å². The molecular formula is C30H44O8. The number of esters is 1. The van der Waals surface area contributed by atoms with Gasteiger partial charge < -0.3 is 34.6 Å². The molecule has 4 fully saturated rings. The molecule has 0 radical (unpaired) electrons. The van der Waals surface area contributed by atoms with Crippen LogP contribution in [0.2, 0.25) is 0 Å². The molecule has 0 aromatic rings. The first-order valence-corrected chi connectivity index (χ1v) is 14.6. The van der Waals surface area contributed by atoms with Gasteiger partial charge in [-0.3, -0.25) is 4.79 Å². The highest BCUT2D eigenvalue weighted by Crippen LogP contribution is 2.69. The summed E-state index contributed by atoms with van der Waals surface area (Å²) in [5.74, 6) is 0.724. The SMILES string of the molecule is C[C@@H]1O[C@@H](O[C@@H]2C=C3CC[C@@H]4[C@H](CC[C@]5(C)[C@@H](C6=COC(=O)CC6)CC[C@]45O)[C@@]3(C)CC2)[C@H](O)[C@H](O)[C@H]1O. The van der Waals surface area contributed by atoms with Gasteiger partial charge in [-0.25, -0.2) is 0 Å². The van der Waals surface area contributed by atoms with Gasteiger partial charge in [-0.15, -0.1) is 0 Å². The second-order valence-corrected chi connectivity index (χ2v) is 13.4. The molecule has 0 spiro atoms. The lowest BCUT2D eigenvalue weighted by Crippen LogP contribution is -2.61. The van der Waals surface area contributed by atoms with Crippen molar-refractivity contribution in [2.24, 2.45) is 28.6 Å². The third-order valence-electron chi connectivity index (χ3n) is 11.8. The van der Waals surface area contributed by atoms with Crippen molar-refractivity contribution in [2.45, 2.75) is 127 Å². The number of carbonyl (C=O) groups excluding carboxylic acids is 1. The maximum absolute atomic E-state index is 12.4. The van der Waals surface area contributed by atoms with Crippen molar-refractivity contribution in [1.82, 2.24) is 0 Å². The van der Waals surface area contributed by atoms with Crippen LogP contribution in [0.4, 0.5) is 0 Å². The molecule has 4 N–H and O–H groups in total. The van der Waals surface area contributed by atoms with Gasteiger partial charge in [0.25, 0.3) is 0 Å². The fourth-order valence-electron chi connectivity index (χ4n) is 9.43. The molecule has 0 unspecified atom stereocenters. The summed E-state index contributed by atoms with van der Waals surface area (Å²) in [4.78, 5) is 11.6. The largest absolute Gasteiger partial charge is 0.435 e. The lowest BCUT2D eigenvalue weighted by molar-refractivity contribution is -0.301. The molecule has 38 heavy (non-hydrogen) atoms. The minimum absolute atomic E-state index is 0.00734. The first-order chi connectivity index (χ1) is 18.0. The standard InChI is InChI=1S/C30H44O8/c1-16-24(32)25(33)26(34)27(37-16)38-19-8-11-28(2)18(14-19)5-6-22-21(28)9-12-29(3)20(10-13-30(22,29)35)17-4-7-23(31)36-15-17/h14-16,19-22,24-27,32-35H,4-13H2,1-3H3/t16-,19-,20+,21-,22+,24-,25+,26+,27-,28-,29+,30-/m0/s1. The topological polar surface area (TPSA) is 126 Å². The molecule has 3 saturated carbocycles. The molecule has 0 amide bonds. The molecule has 2 aliphatic heterocycles. The molecule has 1 saturated heterocycles. The van der Waals surface area contributed by atoms with E-state index in [2.05, 4.69) is 19.9 Å². The fraction of sp³-hybridized carbons (Fsp3) is 0.833. The Kier molecular flexibility index (Phi) is 6.64. The number of rotatable bonds is 3. The maximum atomic E-state index is 12.4. The Labute approximate surface area is 225 Å². The van der Waals surface area contributed by atoms with Crippen LogP contribution in [0.1, 0.15) is 85.0 Å². The highest BCUT2D eigenvalue weighted by atomic mass is 16.7. The van der Waals surface area contributed by atoms with Crippen LogP contribution in [0, 0.1) is 28.6 Å². The number of ether oxygens (including phenoxy) is 3. The second kappa shape index (κ2) is 9.38. The molecule has 2 heterocycles. The van der Waals surface area contributed by atoms with Gasteiger partial charge in [0.1, 0.15) is 18.3 Å². The number of fused-ring (bicyclic) bond motifs is 5. The zero-order valence-electron chi connectivity index (χ0n) is 22.8. The molecule has 6 rings (SSSR count). The molecule has 8 heteroatoms. The van der Waals surface area contributed by atoms with E-state index in [1.807, 2.05) is 0 Å². The zero-order chi connectivity index (χ0) is 27.0. The van der Waals surface area contributed by atoms with Crippen molar-refractivity contribution in [2.75, 3.05) is 0 Å². The summed E-state index contributed by atoms with van der Waals surface area (Å²) in [5, 5.41) is 43.0. The Morgan fingerprint density at radius 3 is 2.45 bits per heavy atom. The Balaban J connectivity index is 1.20. The molecule has 0 aromatic carbocycles. The lowest BCUT2D eigenvalue weighted by atomic mass is 9.45. The Bertz CT molecular complexity index is 1020. The monoisotopic (exact) mass is 532 g/mol. The fourth-order valence-corrected chi connectivity index (χ4v) is 9.43. The molecule has 4 aliphatic carbocycles. The van der Waals surface area contributed by atoms with Crippen molar-refractivity contribution in [3.05, 3.63) is 23.5 Å². The summed E-state index contributed by atoms with van der Waals surface area (Å²) in [6.07, 6.45) is 6.81. The van der Waals surface area contributed by atoms with Crippen molar-refractivity contribution in [3.63, 3.8) is 0 Å². The summed E-state index contributed by atoms with van der Waals surface area (Å²) < 4.78 is 17.1. The molecule has 6 aliphatic rings. The van der Waals surface area contributed by atoms with Gasteiger partial charge in [0.2, 0.25) is 0 Å². The molecule has 212 valence electrons. The minimum atomic E-state index is -1.30. The van der Waals surface area contributed by atoms with Crippen molar-refractivity contribution >= 4 is 5.97 Å². The Morgan fingerprint density at radius 1 is 0.921 bits per heavy atom. The zero-order valence-corrected chi connectivity index (χ0v) is 22.8.